The molecule has 0 aliphatic rings. The van der Waals surface area contributed by atoms with Crippen LogP contribution in [0.4, 0.5) is 0 Å². The Morgan fingerprint density at radius 3 is 2.64 bits per heavy atom. The number of carbonyl (C=O) groups excluding carboxylic acids is 1. The summed E-state index contributed by atoms with van der Waals surface area (Å²) in [6.07, 6.45) is 0. The molecule has 2 aromatic carbocycles. The molecule has 0 bridgehead atoms. The first-order valence-electron chi connectivity index (χ1n) is 8.05. The van der Waals surface area contributed by atoms with Crippen LogP contribution in [0.3, 0.4) is 0 Å². The summed E-state index contributed by atoms with van der Waals surface area (Å²) >= 11 is 0. The van der Waals surface area contributed by atoms with Crippen LogP contribution in [-0.4, -0.2) is 22.6 Å². The molecule has 3 rings (SSSR count). The molecule has 0 spiro atoms. The average molecular weight is 337 g/mol. The van der Waals surface area contributed by atoms with Gasteiger partial charge in [-0.25, -0.2) is 4.98 Å². The standard InChI is InChI=1S/C19H19N3O3/c1-3-22-15-10-6-5-9-14(15)21-17(19(22)24)18(23)20-12-13-8-4-7-11-16(13)25-2/h4-11H,3,12H2,1-2H3,(H,20,23). The van der Waals surface area contributed by atoms with E-state index in [1.165, 1.54) is 0 Å². The van der Waals surface area contributed by atoms with Gasteiger partial charge in [-0.1, -0.05) is 30.3 Å². The minimum atomic E-state index is -0.496. The monoisotopic (exact) mass is 337 g/mol. The number of para-hydroxylation sites is 3. The first kappa shape index (κ1) is 16.7. The van der Waals surface area contributed by atoms with E-state index < -0.39 is 11.5 Å². The predicted molar refractivity (Wildman–Crippen MR) is 95.8 cm³/mol. The number of amides is 1. The molecule has 1 aromatic heterocycles. The van der Waals surface area contributed by atoms with Crippen LogP contribution in [0.1, 0.15) is 23.0 Å². The maximum Gasteiger partial charge on any atom is 0.282 e. The maximum atomic E-state index is 12.6. The third-order valence-corrected chi connectivity index (χ3v) is 4.02. The number of aromatic nitrogens is 2. The third-order valence-electron chi connectivity index (χ3n) is 4.02. The zero-order valence-electron chi connectivity index (χ0n) is 14.2. The second kappa shape index (κ2) is 7.17. The Bertz CT molecular complexity index is 979. The second-order valence-corrected chi connectivity index (χ2v) is 5.49. The summed E-state index contributed by atoms with van der Waals surface area (Å²) in [4.78, 5) is 29.4. The summed E-state index contributed by atoms with van der Waals surface area (Å²) < 4.78 is 6.82. The Hall–Kier alpha value is -3.15. The normalized spacial score (nSPS) is 10.6. The molecule has 1 heterocycles. The van der Waals surface area contributed by atoms with Crippen molar-refractivity contribution in [1.82, 2.24) is 14.9 Å². The van der Waals surface area contributed by atoms with Crippen molar-refractivity contribution in [3.05, 3.63) is 70.1 Å². The van der Waals surface area contributed by atoms with Crippen molar-refractivity contribution in [2.24, 2.45) is 0 Å². The van der Waals surface area contributed by atoms with E-state index in [1.807, 2.05) is 49.4 Å². The molecule has 1 N–H and O–H groups in total. The minimum Gasteiger partial charge on any atom is -0.496 e. The molecule has 0 atom stereocenters. The van der Waals surface area contributed by atoms with E-state index in [0.717, 1.165) is 11.1 Å². The van der Waals surface area contributed by atoms with Crippen LogP contribution in [0.15, 0.2) is 53.3 Å². The molecule has 0 aliphatic carbocycles. The van der Waals surface area contributed by atoms with E-state index in [-0.39, 0.29) is 12.2 Å². The van der Waals surface area contributed by atoms with Crippen molar-refractivity contribution >= 4 is 16.9 Å². The van der Waals surface area contributed by atoms with Gasteiger partial charge in [-0.3, -0.25) is 9.59 Å². The summed E-state index contributed by atoms with van der Waals surface area (Å²) in [6, 6.07) is 14.7. The van der Waals surface area contributed by atoms with Crippen LogP contribution in [0, 0.1) is 0 Å². The van der Waals surface area contributed by atoms with Crippen LogP contribution < -0.4 is 15.6 Å². The molecule has 0 saturated carbocycles. The zero-order valence-corrected chi connectivity index (χ0v) is 14.2. The van der Waals surface area contributed by atoms with Crippen LogP contribution in [0.2, 0.25) is 0 Å². The van der Waals surface area contributed by atoms with Gasteiger partial charge in [0.25, 0.3) is 11.5 Å². The summed E-state index contributed by atoms with van der Waals surface area (Å²) in [6.45, 7) is 2.59. The van der Waals surface area contributed by atoms with Crippen LogP contribution in [0.25, 0.3) is 11.0 Å². The number of aryl methyl sites for hydroxylation is 1. The van der Waals surface area contributed by atoms with Crippen molar-refractivity contribution in [3.63, 3.8) is 0 Å². The van der Waals surface area contributed by atoms with Gasteiger partial charge >= 0.3 is 0 Å². The molecule has 0 fully saturated rings. The molecule has 0 unspecified atom stereocenters. The van der Waals surface area contributed by atoms with Crippen molar-refractivity contribution in [3.8, 4) is 5.75 Å². The molecule has 128 valence electrons. The van der Waals surface area contributed by atoms with Crippen molar-refractivity contribution < 1.29 is 9.53 Å². The highest BCUT2D eigenvalue weighted by Gasteiger charge is 2.17. The van der Waals surface area contributed by atoms with Crippen molar-refractivity contribution in [2.75, 3.05) is 7.11 Å². The van der Waals surface area contributed by atoms with E-state index in [0.29, 0.717) is 17.8 Å². The van der Waals surface area contributed by atoms with E-state index in [1.54, 1.807) is 17.7 Å². The van der Waals surface area contributed by atoms with Gasteiger partial charge < -0.3 is 14.6 Å². The number of carbonyl (C=O) groups is 1. The smallest absolute Gasteiger partial charge is 0.282 e. The predicted octanol–water partition coefficient (Wildman–Crippen LogP) is 2.35. The highest BCUT2D eigenvalue weighted by atomic mass is 16.5. The fraction of sp³-hybridized carbons (Fsp3) is 0.211. The molecule has 0 saturated heterocycles. The Morgan fingerprint density at radius 1 is 1.16 bits per heavy atom. The highest BCUT2D eigenvalue weighted by molar-refractivity contribution is 5.93. The maximum absolute atomic E-state index is 12.6. The Balaban J connectivity index is 1.92. The number of hydrogen-bond donors (Lipinski definition) is 1. The second-order valence-electron chi connectivity index (χ2n) is 5.49. The lowest BCUT2D eigenvalue weighted by molar-refractivity contribution is 0.0944. The van der Waals surface area contributed by atoms with Crippen molar-refractivity contribution in [1.29, 1.82) is 0 Å². The van der Waals surface area contributed by atoms with Gasteiger partial charge in [0.05, 0.1) is 18.1 Å². The largest absolute Gasteiger partial charge is 0.496 e. The summed E-state index contributed by atoms with van der Waals surface area (Å²) in [5.74, 6) is 0.184. The van der Waals surface area contributed by atoms with Crippen LogP contribution in [0.5, 0.6) is 5.75 Å². The quantitative estimate of drug-likeness (QED) is 0.776. The van der Waals surface area contributed by atoms with Gasteiger partial charge in [0, 0.05) is 18.7 Å². The van der Waals surface area contributed by atoms with E-state index in [4.69, 9.17) is 4.74 Å². The molecule has 25 heavy (non-hydrogen) atoms. The zero-order chi connectivity index (χ0) is 17.8. The molecule has 1 amide bonds. The number of fused-ring (bicyclic) bond motifs is 1. The summed E-state index contributed by atoms with van der Waals surface area (Å²) in [5.41, 5.74) is 1.67. The van der Waals surface area contributed by atoms with E-state index >= 15 is 0 Å². The molecular formula is C19H19N3O3. The third kappa shape index (κ3) is 3.24. The Morgan fingerprint density at radius 2 is 1.88 bits per heavy atom. The first-order chi connectivity index (χ1) is 12.2. The average Bonchev–Trinajstić information content (AvgIpc) is 2.65. The molecule has 3 aromatic rings. The van der Waals surface area contributed by atoms with E-state index in [9.17, 15) is 9.59 Å². The fourth-order valence-electron chi connectivity index (χ4n) is 2.76. The lowest BCUT2D eigenvalue weighted by atomic mass is 10.2. The summed E-state index contributed by atoms with van der Waals surface area (Å²) in [7, 11) is 1.57. The van der Waals surface area contributed by atoms with Crippen LogP contribution in [-0.2, 0) is 13.1 Å². The van der Waals surface area contributed by atoms with Gasteiger partial charge in [-0.15, -0.1) is 0 Å². The van der Waals surface area contributed by atoms with Crippen molar-refractivity contribution in [2.45, 2.75) is 20.0 Å². The molecule has 0 radical (unpaired) electrons. The van der Waals surface area contributed by atoms with Gasteiger partial charge in [-0.05, 0) is 25.1 Å². The first-order valence-corrected chi connectivity index (χ1v) is 8.05. The van der Waals surface area contributed by atoms with Crippen LogP contribution >= 0.6 is 0 Å². The lowest BCUT2D eigenvalue weighted by Crippen LogP contribution is -2.34. The number of methoxy groups -OCH3 is 1. The van der Waals surface area contributed by atoms with E-state index in [2.05, 4.69) is 10.3 Å². The lowest BCUT2D eigenvalue weighted by Gasteiger charge is -2.11. The number of nitrogens with one attached hydrogen (secondary N) is 1. The molecule has 6 heteroatoms. The minimum absolute atomic E-state index is 0.101. The fourth-order valence-corrected chi connectivity index (χ4v) is 2.76. The number of ether oxygens (including phenoxy) is 1. The van der Waals surface area contributed by atoms with Gasteiger partial charge in [0.2, 0.25) is 0 Å². The molecule has 6 nitrogen and oxygen atoms in total. The SMILES string of the molecule is CCn1c(=O)c(C(=O)NCc2ccccc2OC)nc2ccccc21. The van der Waals surface area contributed by atoms with Gasteiger partial charge in [0.1, 0.15) is 5.75 Å². The number of nitrogens with zero attached hydrogens (tertiary/aromatic N) is 2. The highest BCUT2D eigenvalue weighted by Crippen LogP contribution is 2.17. The van der Waals surface area contributed by atoms with Gasteiger partial charge in [-0.2, -0.15) is 0 Å². The van der Waals surface area contributed by atoms with Gasteiger partial charge in [0.15, 0.2) is 5.69 Å². The number of benzene rings is 2. The Labute approximate surface area is 145 Å². The number of rotatable bonds is 5. The number of hydrogen-bond acceptors (Lipinski definition) is 4. The molecular weight excluding hydrogens is 318 g/mol. The molecule has 0 aliphatic heterocycles. The summed E-state index contributed by atoms with van der Waals surface area (Å²) in [5, 5.41) is 2.75. The Kier molecular flexibility index (Phi) is 4.79. The topological polar surface area (TPSA) is 73.2 Å².